The van der Waals surface area contributed by atoms with E-state index in [-0.39, 0.29) is 5.78 Å². The van der Waals surface area contributed by atoms with Gasteiger partial charge in [-0.25, -0.2) is 0 Å². The highest BCUT2D eigenvalue weighted by molar-refractivity contribution is 6.33. The summed E-state index contributed by atoms with van der Waals surface area (Å²) in [5.74, 6) is 2.37. The van der Waals surface area contributed by atoms with Gasteiger partial charge < -0.3 is 0 Å². The molecule has 0 aliphatic heterocycles. The van der Waals surface area contributed by atoms with E-state index in [2.05, 4.69) is 5.92 Å². The maximum Gasteiger partial charge on any atom is 0.161 e. The molecule has 0 aliphatic rings. The van der Waals surface area contributed by atoms with Crippen LogP contribution in [-0.4, -0.2) is 5.78 Å². The van der Waals surface area contributed by atoms with Gasteiger partial charge in [0.1, 0.15) is 0 Å². The maximum absolute atomic E-state index is 11.0. The summed E-state index contributed by atoms with van der Waals surface area (Å²) in [5.41, 5.74) is 1.15. The first-order valence-corrected chi connectivity index (χ1v) is 3.80. The summed E-state index contributed by atoms with van der Waals surface area (Å²) in [7, 11) is 0. The van der Waals surface area contributed by atoms with Gasteiger partial charge in [0.15, 0.2) is 5.78 Å². The van der Waals surface area contributed by atoms with Crippen LogP contribution in [0.25, 0.3) is 0 Å². The number of rotatable bonds is 1. The quantitative estimate of drug-likeness (QED) is 0.477. The van der Waals surface area contributed by atoms with Crippen molar-refractivity contribution in [2.75, 3.05) is 0 Å². The van der Waals surface area contributed by atoms with Crippen LogP contribution in [0.4, 0.5) is 0 Å². The Morgan fingerprint density at radius 1 is 1.58 bits per heavy atom. The van der Waals surface area contributed by atoms with Crippen molar-refractivity contribution in [1.29, 1.82) is 0 Å². The zero-order chi connectivity index (χ0) is 9.14. The van der Waals surface area contributed by atoms with E-state index < -0.39 is 0 Å². The summed E-state index contributed by atoms with van der Waals surface area (Å²) in [6, 6.07) is 4.95. The van der Waals surface area contributed by atoms with Crippen molar-refractivity contribution in [2.45, 2.75) is 6.92 Å². The van der Waals surface area contributed by atoms with Gasteiger partial charge in [0.05, 0.1) is 5.02 Å². The van der Waals surface area contributed by atoms with Crippen LogP contribution in [0.1, 0.15) is 22.8 Å². The Morgan fingerprint density at radius 3 is 2.75 bits per heavy atom. The zero-order valence-corrected chi connectivity index (χ0v) is 7.35. The first kappa shape index (κ1) is 8.83. The molecule has 60 valence electrons. The fourth-order valence-corrected chi connectivity index (χ4v) is 1.14. The average Bonchev–Trinajstić information content (AvgIpc) is 2.05. The van der Waals surface area contributed by atoms with Crippen molar-refractivity contribution in [2.24, 2.45) is 0 Å². The van der Waals surface area contributed by atoms with Crippen LogP contribution < -0.4 is 0 Å². The summed E-state index contributed by atoms with van der Waals surface area (Å²) in [5, 5.41) is 0.446. The van der Waals surface area contributed by atoms with E-state index in [1.165, 1.54) is 6.92 Å². The van der Waals surface area contributed by atoms with Crippen LogP contribution in [-0.2, 0) is 0 Å². The molecule has 0 aromatic heterocycles. The lowest BCUT2D eigenvalue weighted by molar-refractivity contribution is 0.101. The summed E-state index contributed by atoms with van der Waals surface area (Å²) in [6.45, 7) is 1.46. The van der Waals surface area contributed by atoms with Gasteiger partial charge in [0.2, 0.25) is 0 Å². The number of carbonyl (C=O) groups is 1. The van der Waals surface area contributed by atoms with Gasteiger partial charge in [-0.3, -0.25) is 4.79 Å². The van der Waals surface area contributed by atoms with Crippen molar-refractivity contribution in [3.63, 3.8) is 0 Å². The highest BCUT2D eigenvalue weighted by Gasteiger charge is 2.04. The molecular formula is C10H7ClO. The highest BCUT2D eigenvalue weighted by Crippen LogP contribution is 2.17. The molecule has 1 rings (SSSR count). The van der Waals surface area contributed by atoms with Crippen LogP contribution in [0.2, 0.25) is 5.02 Å². The van der Waals surface area contributed by atoms with Crippen molar-refractivity contribution < 1.29 is 4.79 Å². The molecule has 0 spiro atoms. The lowest BCUT2D eigenvalue weighted by Gasteiger charge is -1.99. The van der Waals surface area contributed by atoms with E-state index in [1.54, 1.807) is 18.2 Å². The van der Waals surface area contributed by atoms with E-state index >= 15 is 0 Å². The Kier molecular flexibility index (Phi) is 2.52. The molecular weight excluding hydrogens is 172 g/mol. The number of Topliss-reactive ketones (excluding diaryl/α,β-unsaturated/α-hetero) is 1. The number of hydrogen-bond acceptors (Lipinski definition) is 1. The molecule has 0 unspecified atom stereocenters. The van der Waals surface area contributed by atoms with Crippen molar-refractivity contribution in [3.8, 4) is 12.3 Å². The second-order valence-corrected chi connectivity index (χ2v) is 2.80. The fourth-order valence-electron chi connectivity index (χ4n) is 0.885. The predicted molar refractivity (Wildman–Crippen MR) is 49.4 cm³/mol. The summed E-state index contributed by atoms with van der Waals surface area (Å²) >= 11 is 5.76. The molecule has 0 N–H and O–H groups in total. The molecule has 1 aromatic rings. The molecule has 0 heterocycles. The third kappa shape index (κ3) is 1.66. The number of ketones is 1. The number of carbonyl (C=O) groups excluding carboxylic acids is 1. The smallest absolute Gasteiger partial charge is 0.161 e. The number of halogens is 1. The summed E-state index contributed by atoms with van der Waals surface area (Å²) in [6.07, 6.45) is 5.16. The summed E-state index contributed by atoms with van der Waals surface area (Å²) in [4.78, 5) is 11.0. The van der Waals surface area contributed by atoms with Gasteiger partial charge >= 0.3 is 0 Å². The van der Waals surface area contributed by atoms with Crippen LogP contribution in [0, 0.1) is 12.3 Å². The minimum absolute atomic E-state index is 0.0721. The van der Waals surface area contributed by atoms with E-state index in [0.717, 1.165) is 0 Å². The molecule has 1 aromatic carbocycles. The number of terminal acetylenes is 1. The first-order chi connectivity index (χ1) is 5.65. The molecule has 1 nitrogen and oxygen atoms in total. The minimum atomic E-state index is -0.0721. The molecule has 0 amide bonds. The average molecular weight is 179 g/mol. The molecule has 12 heavy (non-hydrogen) atoms. The SMILES string of the molecule is C#Cc1ccc(Cl)c(C(C)=O)c1. The molecule has 0 bridgehead atoms. The normalized spacial score (nSPS) is 9.08. The molecule has 0 fully saturated rings. The Hall–Kier alpha value is -1.26. The molecule has 0 saturated carbocycles. The number of benzene rings is 1. The largest absolute Gasteiger partial charge is 0.294 e. The monoisotopic (exact) mass is 178 g/mol. The van der Waals surface area contributed by atoms with Crippen LogP contribution >= 0.6 is 11.6 Å². The van der Waals surface area contributed by atoms with E-state index in [9.17, 15) is 4.79 Å². The molecule has 0 aliphatic carbocycles. The van der Waals surface area contributed by atoms with Crippen LogP contribution in [0.5, 0.6) is 0 Å². The zero-order valence-electron chi connectivity index (χ0n) is 6.60. The van der Waals surface area contributed by atoms with E-state index in [1.807, 2.05) is 0 Å². The topological polar surface area (TPSA) is 17.1 Å². The lowest BCUT2D eigenvalue weighted by atomic mass is 10.1. The molecule has 0 radical (unpaired) electrons. The number of hydrogen-bond donors (Lipinski definition) is 0. The second-order valence-electron chi connectivity index (χ2n) is 2.40. The van der Waals surface area contributed by atoms with Crippen LogP contribution in [0.15, 0.2) is 18.2 Å². The molecule has 0 atom stereocenters. The van der Waals surface area contributed by atoms with Gasteiger partial charge in [0.25, 0.3) is 0 Å². The summed E-state index contributed by atoms with van der Waals surface area (Å²) < 4.78 is 0. The first-order valence-electron chi connectivity index (χ1n) is 3.42. The van der Waals surface area contributed by atoms with Gasteiger partial charge in [-0.2, -0.15) is 0 Å². The minimum Gasteiger partial charge on any atom is -0.294 e. The van der Waals surface area contributed by atoms with Crippen molar-refractivity contribution >= 4 is 17.4 Å². The lowest BCUT2D eigenvalue weighted by Crippen LogP contribution is -1.93. The molecule has 0 saturated heterocycles. The third-order valence-corrected chi connectivity index (χ3v) is 1.84. The van der Waals surface area contributed by atoms with Gasteiger partial charge in [-0.15, -0.1) is 6.42 Å². The van der Waals surface area contributed by atoms with Gasteiger partial charge in [0, 0.05) is 11.1 Å². The fraction of sp³-hybridized carbons (Fsp3) is 0.100. The van der Waals surface area contributed by atoms with E-state index in [4.69, 9.17) is 18.0 Å². The Bertz CT molecular complexity index is 361. The van der Waals surface area contributed by atoms with Gasteiger partial charge in [-0.05, 0) is 25.1 Å². The molecule has 2 heteroatoms. The van der Waals surface area contributed by atoms with Gasteiger partial charge in [-0.1, -0.05) is 17.5 Å². The maximum atomic E-state index is 11.0. The Balaban J connectivity index is 3.28. The Morgan fingerprint density at radius 2 is 2.25 bits per heavy atom. The predicted octanol–water partition coefficient (Wildman–Crippen LogP) is 2.52. The van der Waals surface area contributed by atoms with Crippen molar-refractivity contribution in [3.05, 3.63) is 34.3 Å². The highest BCUT2D eigenvalue weighted by atomic mass is 35.5. The second kappa shape index (κ2) is 3.42. The Labute approximate surface area is 76.4 Å². The third-order valence-electron chi connectivity index (χ3n) is 1.51. The van der Waals surface area contributed by atoms with Crippen LogP contribution in [0.3, 0.4) is 0 Å². The van der Waals surface area contributed by atoms with E-state index in [0.29, 0.717) is 16.1 Å². The standard InChI is InChI=1S/C10H7ClO/c1-3-8-4-5-10(11)9(6-8)7(2)12/h1,4-6H,2H3. The van der Waals surface area contributed by atoms with Crippen molar-refractivity contribution in [1.82, 2.24) is 0 Å².